The lowest BCUT2D eigenvalue weighted by molar-refractivity contribution is 1.31. The predicted molar refractivity (Wildman–Crippen MR) is 171 cm³/mol. The van der Waals surface area contributed by atoms with Crippen molar-refractivity contribution in [3.8, 4) is 0 Å². The van der Waals surface area contributed by atoms with Crippen LogP contribution in [-0.4, -0.2) is 9.38 Å². The molecular formula is C35H23N2PS. The fraction of sp³-hybridized carbons (Fsp3) is 0. The number of imidazole rings is 1. The van der Waals surface area contributed by atoms with Crippen LogP contribution < -0.4 is 15.9 Å². The van der Waals surface area contributed by atoms with E-state index >= 15 is 0 Å². The summed E-state index contributed by atoms with van der Waals surface area (Å²) in [5.74, 6) is 0. The summed E-state index contributed by atoms with van der Waals surface area (Å²) in [7, 11) is 0. The summed E-state index contributed by atoms with van der Waals surface area (Å²) in [6.45, 7) is 0. The van der Waals surface area contributed by atoms with Gasteiger partial charge in [-0.05, 0) is 45.0 Å². The number of fused-ring (bicyclic) bond motifs is 9. The van der Waals surface area contributed by atoms with E-state index in [1.165, 1.54) is 32.2 Å². The van der Waals surface area contributed by atoms with Crippen molar-refractivity contribution in [2.45, 2.75) is 0 Å². The maximum atomic E-state index is 6.85. The third-order valence-electron chi connectivity index (χ3n) is 7.82. The zero-order valence-corrected chi connectivity index (χ0v) is 22.7. The molecule has 2 nitrogen and oxygen atoms in total. The van der Waals surface area contributed by atoms with E-state index in [2.05, 4.69) is 144 Å². The maximum absolute atomic E-state index is 6.85. The standard InChI is InChI=1S/C35H23N2PS/c39-38(26-13-2-1-3-14-26,27-22-21-24-11-4-5-12-25(24)23-27)33-20-10-19-32-34(33)36-35-30-17-7-6-15-28(30)29-16-8-9-18-31(29)37(32)35/h1-23H. The minimum Gasteiger partial charge on any atom is -0.292 e. The molecule has 0 saturated carbocycles. The molecule has 6 aromatic carbocycles. The van der Waals surface area contributed by atoms with Crippen LogP contribution in [0.15, 0.2) is 140 Å². The third kappa shape index (κ3) is 3.27. The van der Waals surface area contributed by atoms with Crippen molar-refractivity contribution in [2.75, 3.05) is 0 Å². The van der Waals surface area contributed by atoms with E-state index < -0.39 is 6.04 Å². The summed E-state index contributed by atoms with van der Waals surface area (Å²) in [6, 6.07) is 47.2. The first kappa shape index (κ1) is 22.7. The summed E-state index contributed by atoms with van der Waals surface area (Å²) in [4.78, 5) is 5.40. The van der Waals surface area contributed by atoms with Crippen LogP contribution in [0.4, 0.5) is 0 Å². The van der Waals surface area contributed by atoms with Gasteiger partial charge in [-0.15, -0.1) is 0 Å². The van der Waals surface area contributed by atoms with Gasteiger partial charge in [0, 0.05) is 22.1 Å². The van der Waals surface area contributed by atoms with Gasteiger partial charge >= 0.3 is 0 Å². The van der Waals surface area contributed by atoms with Crippen LogP contribution in [0.25, 0.3) is 49.1 Å². The number of benzene rings is 6. The molecule has 0 radical (unpaired) electrons. The highest BCUT2D eigenvalue weighted by Gasteiger charge is 2.29. The third-order valence-corrected chi connectivity index (χ3v) is 12.7. The van der Waals surface area contributed by atoms with Gasteiger partial charge in [0.05, 0.1) is 16.6 Å². The quantitative estimate of drug-likeness (QED) is 0.171. The van der Waals surface area contributed by atoms with Crippen LogP contribution in [0, 0.1) is 0 Å². The second-order valence-electron chi connectivity index (χ2n) is 9.95. The Hall–Kier alpha value is -4.30. The molecular weight excluding hydrogens is 511 g/mol. The summed E-state index contributed by atoms with van der Waals surface area (Å²) in [5, 5.41) is 9.51. The summed E-state index contributed by atoms with van der Waals surface area (Å²) < 4.78 is 2.32. The summed E-state index contributed by atoms with van der Waals surface area (Å²) in [6.07, 6.45) is 0. The zero-order valence-electron chi connectivity index (χ0n) is 21.0. The van der Waals surface area contributed by atoms with Crippen molar-refractivity contribution in [1.82, 2.24) is 9.38 Å². The molecule has 8 aromatic rings. The van der Waals surface area contributed by atoms with E-state index in [9.17, 15) is 0 Å². The minimum atomic E-state index is -2.44. The van der Waals surface area contributed by atoms with Gasteiger partial charge in [0.2, 0.25) is 0 Å². The van der Waals surface area contributed by atoms with Crippen molar-refractivity contribution in [1.29, 1.82) is 0 Å². The molecule has 4 heteroatoms. The van der Waals surface area contributed by atoms with E-state index in [0.29, 0.717) is 0 Å². The normalized spacial score (nSPS) is 13.4. The lowest BCUT2D eigenvalue weighted by Crippen LogP contribution is -2.25. The first-order valence-corrected chi connectivity index (χ1v) is 15.9. The Bertz CT molecular complexity index is 2270. The molecule has 0 aliphatic rings. The Balaban J connectivity index is 1.53. The molecule has 0 N–H and O–H groups in total. The average molecular weight is 535 g/mol. The monoisotopic (exact) mass is 534 g/mol. The second-order valence-corrected chi connectivity index (χ2v) is 14.3. The molecule has 8 rings (SSSR count). The average Bonchev–Trinajstić information content (AvgIpc) is 3.41. The van der Waals surface area contributed by atoms with Crippen molar-refractivity contribution >= 4 is 82.9 Å². The van der Waals surface area contributed by atoms with Crippen molar-refractivity contribution in [3.05, 3.63) is 140 Å². The van der Waals surface area contributed by atoms with Crippen LogP contribution in [-0.2, 0) is 11.8 Å². The predicted octanol–water partition coefficient (Wildman–Crippen LogP) is 7.70. The number of hydrogen-bond donors (Lipinski definition) is 0. The van der Waals surface area contributed by atoms with Crippen molar-refractivity contribution in [2.24, 2.45) is 0 Å². The molecule has 0 fully saturated rings. The van der Waals surface area contributed by atoms with Crippen molar-refractivity contribution < 1.29 is 0 Å². The first-order valence-electron chi connectivity index (χ1n) is 13.1. The Morgan fingerprint density at radius 1 is 0.513 bits per heavy atom. The van der Waals surface area contributed by atoms with Gasteiger partial charge in [-0.1, -0.05) is 133 Å². The molecule has 1 unspecified atom stereocenters. The fourth-order valence-electron chi connectivity index (χ4n) is 6.01. The van der Waals surface area contributed by atoms with E-state index in [0.717, 1.165) is 32.9 Å². The van der Waals surface area contributed by atoms with E-state index in [-0.39, 0.29) is 0 Å². The molecule has 0 aliphatic heterocycles. The highest BCUT2D eigenvalue weighted by Crippen LogP contribution is 2.45. The Labute approximate surface area is 231 Å². The minimum absolute atomic E-state index is 0.972. The van der Waals surface area contributed by atoms with E-state index in [1.807, 2.05) is 0 Å². The van der Waals surface area contributed by atoms with E-state index in [4.69, 9.17) is 16.8 Å². The van der Waals surface area contributed by atoms with Gasteiger partial charge in [-0.2, -0.15) is 0 Å². The van der Waals surface area contributed by atoms with Gasteiger partial charge in [0.25, 0.3) is 0 Å². The number of nitrogens with zero attached hydrogens (tertiary/aromatic N) is 2. The molecule has 184 valence electrons. The van der Waals surface area contributed by atoms with Crippen LogP contribution in [0.2, 0.25) is 0 Å². The molecule has 0 aliphatic carbocycles. The number of hydrogen-bond acceptors (Lipinski definition) is 2. The van der Waals surface area contributed by atoms with Gasteiger partial charge in [0.1, 0.15) is 5.65 Å². The topological polar surface area (TPSA) is 17.3 Å². The SMILES string of the molecule is S=P(c1ccccc1)(c1ccc2ccccc2c1)c1cccc2c1nc1c3ccccc3c3ccccc3n21. The molecule has 0 bridgehead atoms. The van der Waals surface area contributed by atoms with Gasteiger partial charge in [0.15, 0.2) is 0 Å². The number of rotatable bonds is 3. The van der Waals surface area contributed by atoms with Crippen LogP contribution in [0.5, 0.6) is 0 Å². The molecule has 1 atom stereocenters. The van der Waals surface area contributed by atoms with Gasteiger partial charge in [-0.3, -0.25) is 4.40 Å². The smallest absolute Gasteiger partial charge is 0.146 e. The maximum Gasteiger partial charge on any atom is 0.146 e. The fourth-order valence-corrected chi connectivity index (χ4v) is 9.97. The summed E-state index contributed by atoms with van der Waals surface area (Å²) >= 11 is 6.85. The highest BCUT2D eigenvalue weighted by molar-refractivity contribution is 8.25. The van der Waals surface area contributed by atoms with Gasteiger partial charge in [-0.25, -0.2) is 4.98 Å². The molecule has 0 spiro atoms. The molecule has 0 amide bonds. The molecule has 2 aromatic heterocycles. The molecule has 39 heavy (non-hydrogen) atoms. The highest BCUT2D eigenvalue weighted by atomic mass is 32.4. The number of pyridine rings is 1. The number of aromatic nitrogens is 2. The lowest BCUT2D eigenvalue weighted by atomic mass is 10.1. The van der Waals surface area contributed by atoms with E-state index in [1.54, 1.807) is 0 Å². The molecule has 2 heterocycles. The number of para-hydroxylation sites is 2. The Morgan fingerprint density at radius 3 is 2.03 bits per heavy atom. The largest absolute Gasteiger partial charge is 0.292 e. The van der Waals surface area contributed by atoms with Crippen LogP contribution in [0.1, 0.15) is 0 Å². The van der Waals surface area contributed by atoms with Crippen molar-refractivity contribution in [3.63, 3.8) is 0 Å². The zero-order chi connectivity index (χ0) is 26.0. The Kier molecular flexibility index (Phi) is 5.00. The second kappa shape index (κ2) is 8.61. The van der Waals surface area contributed by atoms with Crippen LogP contribution in [0.3, 0.4) is 0 Å². The van der Waals surface area contributed by atoms with Gasteiger partial charge < -0.3 is 0 Å². The summed E-state index contributed by atoms with van der Waals surface area (Å²) in [5.41, 5.74) is 4.21. The first-order chi connectivity index (χ1) is 19.2. The Morgan fingerprint density at radius 2 is 1.18 bits per heavy atom. The van der Waals surface area contributed by atoms with Crippen LogP contribution >= 0.6 is 6.04 Å². The lowest BCUT2D eigenvalue weighted by Gasteiger charge is -2.25. The molecule has 0 saturated heterocycles.